The molecular weight excluding hydrogens is 212 g/mol. The first-order valence-electron chi connectivity index (χ1n) is 4.30. The van der Waals surface area contributed by atoms with Crippen LogP contribution in [0.2, 0.25) is 0 Å². The molecule has 1 aromatic carbocycles. The summed E-state index contributed by atoms with van der Waals surface area (Å²) in [4.78, 5) is 29.3. The quantitative estimate of drug-likeness (QED) is 0.780. The van der Waals surface area contributed by atoms with Gasteiger partial charge in [0, 0.05) is 11.6 Å². The summed E-state index contributed by atoms with van der Waals surface area (Å²) in [5, 5.41) is 18.2. The predicted molar refractivity (Wildman–Crippen MR) is 53.5 cm³/mol. The molecule has 16 heavy (non-hydrogen) atoms. The zero-order valence-corrected chi connectivity index (χ0v) is 7.91. The summed E-state index contributed by atoms with van der Waals surface area (Å²) in [6, 6.07) is 2.48. The maximum Gasteiger partial charge on any atom is 0.336 e. The normalized spacial score (nSPS) is 10.2. The Bertz CT molecular complexity index is 542. The molecule has 80 valence electrons. The van der Waals surface area contributed by atoms with Crippen LogP contribution >= 0.6 is 0 Å². The lowest BCUT2D eigenvalue weighted by atomic mass is 10.0. The highest BCUT2D eigenvalue weighted by Crippen LogP contribution is 2.17. The number of aromatic nitrogens is 2. The van der Waals surface area contributed by atoms with Gasteiger partial charge >= 0.3 is 11.9 Å². The van der Waals surface area contributed by atoms with E-state index in [0.29, 0.717) is 10.9 Å². The van der Waals surface area contributed by atoms with Gasteiger partial charge < -0.3 is 10.2 Å². The van der Waals surface area contributed by atoms with Crippen molar-refractivity contribution in [2.45, 2.75) is 0 Å². The lowest BCUT2D eigenvalue weighted by molar-refractivity contribution is 0.0652. The molecule has 0 aliphatic rings. The van der Waals surface area contributed by atoms with Crippen molar-refractivity contribution >= 4 is 22.8 Å². The van der Waals surface area contributed by atoms with Gasteiger partial charge in [0.05, 0.1) is 16.6 Å². The van der Waals surface area contributed by atoms with E-state index in [1.54, 1.807) is 0 Å². The molecule has 0 saturated heterocycles. The summed E-state index contributed by atoms with van der Waals surface area (Å²) in [6.07, 6.45) is 2.70. The first-order valence-corrected chi connectivity index (χ1v) is 4.30. The Labute approximate surface area is 89.2 Å². The Morgan fingerprint density at radius 1 is 1.06 bits per heavy atom. The highest BCUT2D eigenvalue weighted by Gasteiger charge is 2.17. The zero-order valence-electron chi connectivity index (χ0n) is 7.91. The van der Waals surface area contributed by atoms with E-state index < -0.39 is 11.9 Å². The van der Waals surface area contributed by atoms with Crippen LogP contribution < -0.4 is 0 Å². The molecule has 0 bridgehead atoms. The molecule has 6 nitrogen and oxygen atoms in total. The third kappa shape index (κ3) is 1.56. The number of nitrogens with zero attached hydrogens (tertiary/aromatic N) is 2. The summed E-state index contributed by atoms with van der Waals surface area (Å²) in [6.45, 7) is 0. The van der Waals surface area contributed by atoms with E-state index in [2.05, 4.69) is 9.97 Å². The second kappa shape index (κ2) is 3.58. The van der Waals surface area contributed by atoms with Crippen LogP contribution in [0, 0.1) is 0 Å². The third-order valence-corrected chi connectivity index (χ3v) is 2.10. The molecule has 0 radical (unpaired) electrons. The number of benzene rings is 1. The van der Waals surface area contributed by atoms with Gasteiger partial charge in [-0.05, 0) is 12.1 Å². The Balaban J connectivity index is 2.81. The summed E-state index contributed by atoms with van der Waals surface area (Å²) in [7, 11) is 0. The molecule has 0 unspecified atom stereocenters. The van der Waals surface area contributed by atoms with E-state index in [1.807, 2.05) is 0 Å². The Hall–Kier alpha value is -2.50. The first-order chi connectivity index (χ1) is 7.59. The smallest absolute Gasteiger partial charge is 0.336 e. The minimum absolute atomic E-state index is 0.269. The van der Waals surface area contributed by atoms with Crippen molar-refractivity contribution in [2.75, 3.05) is 0 Å². The van der Waals surface area contributed by atoms with Gasteiger partial charge in [0.1, 0.15) is 6.33 Å². The fourth-order valence-corrected chi connectivity index (χ4v) is 1.38. The maximum absolute atomic E-state index is 10.9. The molecule has 0 saturated carbocycles. The number of carbonyl (C=O) groups is 2. The second-order valence-electron chi connectivity index (χ2n) is 3.09. The molecular formula is C10H6N2O4. The molecule has 2 N–H and O–H groups in total. The minimum Gasteiger partial charge on any atom is -0.478 e. The van der Waals surface area contributed by atoms with Gasteiger partial charge in [-0.15, -0.1) is 0 Å². The fraction of sp³-hybridized carbons (Fsp3) is 0. The Morgan fingerprint density at radius 3 is 2.31 bits per heavy atom. The molecule has 1 heterocycles. The highest BCUT2D eigenvalue weighted by atomic mass is 16.4. The first kappa shape index (κ1) is 10.0. The Morgan fingerprint density at radius 2 is 1.69 bits per heavy atom. The SMILES string of the molecule is O=C(O)c1cc2cncnc2cc1C(=O)O. The fourth-order valence-electron chi connectivity index (χ4n) is 1.38. The summed E-state index contributed by atoms with van der Waals surface area (Å²) >= 11 is 0. The molecule has 2 rings (SSSR count). The van der Waals surface area contributed by atoms with Gasteiger partial charge in [0.15, 0.2) is 0 Å². The number of aromatic carboxylic acids is 2. The number of carboxylic acids is 2. The van der Waals surface area contributed by atoms with Crippen molar-refractivity contribution in [3.8, 4) is 0 Å². The van der Waals surface area contributed by atoms with E-state index in [1.165, 1.54) is 24.7 Å². The standard InChI is InChI=1S/C10H6N2O4/c13-9(14)6-1-5-3-11-4-12-8(5)2-7(6)10(15)16/h1-4H,(H,13,14)(H,15,16). The monoisotopic (exact) mass is 218 g/mol. The number of rotatable bonds is 2. The largest absolute Gasteiger partial charge is 0.478 e. The molecule has 0 fully saturated rings. The van der Waals surface area contributed by atoms with Gasteiger partial charge in [-0.3, -0.25) is 0 Å². The number of fused-ring (bicyclic) bond motifs is 1. The molecule has 1 aromatic heterocycles. The summed E-state index contributed by atoms with van der Waals surface area (Å²) < 4.78 is 0. The average molecular weight is 218 g/mol. The number of carboxylic acid groups (broad SMARTS) is 2. The van der Waals surface area contributed by atoms with Gasteiger partial charge in [-0.2, -0.15) is 0 Å². The molecule has 0 spiro atoms. The van der Waals surface area contributed by atoms with Crippen molar-refractivity contribution in [2.24, 2.45) is 0 Å². The van der Waals surface area contributed by atoms with E-state index in [0.717, 1.165) is 0 Å². The number of hydrogen-bond donors (Lipinski definition) is 2. The van der Waals surface area contributed by atoms with Crippen molar-refractivity contribution in [3.05, 3.63) is 35.8 Å². The van der Waals surface area contributed by atoms with Crippen LogP contribution in [0.15, 0.2) is 24.7 Å². The van der Waals surface area contributed by atoms with Crippen LogP contribution in [-0.4, -0.2) is 32.1 Å². The van der Waals surface area contributed by atoms with Gasteiger partial charge in [-0.1, -0.05) is 0 Å². The van der Waals surface area contributed by atoms with Crippen molar-refractivity contribution in [1.82, 2.24) is 9.97 Å². The van der Waals surface area contributed by atoms with Crippen LogP contribution in [0.25, 0.3) is 10.9 Å². The van der Waals surface area contributed by atoms with Gasteiger partial charge in [0.2, 0.25) is 0 Å². The van der Waals surface area contributed by atoms with E-state index in [-0.39, 0.29) is 11.1 Å². The van der Waals surface area contributed by atoms with Crippen LogP contribution in [0.4, 0.5) is 0 Å². The predicted octanol–water partition coefficient (Wildman–Crippen LogP) is 1.03. The third-order valence-electron chi connectivity index (χ3n) is 2.10. The molecule has 2 aromatic rings. The minimum atomic E-state index is -1.29. The maximum atomic E-state index is 10.9. The molecule has 0 amide bonds. The molecule has 0 aliphatic heterocycles. The summed E-state index contributed by atoms with van der Waals surface area (Å²) in [5.41, 5.74) is -0.147. The van der Waals surface area contributed by atoms with Crippen LogP contribution in [0.5, 0.6) is 0 Å². The summed E-state index contributed by atoms with van der Waals surface area (Å²) in [5.74, 6) is -2.58. The molecule has 0 atom stereocenters. The van der Waals surface area contributed by atoms with Gasteiger partial charge in [0.25, 0.3) is 0 Å². The van der Waals surface area contributed by atoms with E-state index >= 15 is 0 Å². The molecule has 6 heteroatoms. The lowest BCUT2D eigenvalue weighted by Gasteiger charge is -2.03. The van der Waals surface area contributed by atoms with Crippen LogP contribution in [0.3, 0.4) is 0 Å². The van der Waals surface area contributed by atoms with E-state index in [9.17, 15) is 9.59 Å². The number of hydrogen-bond acceptors (Lipinski definition) is 4. The highest BCUT2D eigenvalue weighted by molar-refractivity contribution is 6.05. The van der Waals surface area contributed by atoms with Crippen molar-refractivity contribution in [1.29, 1.82) is 0 Å². The lowest BCUT2D eigenvalue weighted by Crippen LogP contribution is -2.08. The molecule has 0 aliphatic carbocycles. The van der Waals surface area contributed by atoms with Crippen LogP contribution in [-0.2, 0) is 0 Å². The Kier molecular flexibility index (Phi) is 2.24. The zero-order chi connectivity index (χ0) is 11.7. The van der Waals surface area contributed by atoms with E-state index in [4.69, 9.17) is 10.2 Å². The van der Waals surface area contributed by atoms with Crippen molar-refractivity contribution in [3.63, 3.8) is 0 Å². The van der Waals surface area contributed by atoms with Crippen molar-refractivity contribution < 1.29 is 19.8 Å². The topological polar surface area (TPSA) is 100 Å². The average Bonchev–Trinajstić information content (AvgIpc) is 2.27. The van der Waals surface area contributed by atoms with Gasteiger partial charge in [-0.25, -0.2) is 19.6 Å². The van der Waals surface area contributed by atoms with Crippen LogP contribution in [0.1, 0.15) is 20.7 Å². The second-order valence-corrected chi connectivity index (χ2v) is 3.09.